The monoisotopic (exact) mass is 273 g/mol. The smallest absolute Gasteiger partial charge is 0.0665 e. The van der Waals surface area contributed by atoms with Gasteiger partial charge in [0.15, 0.2) is 0 Å². The lowest BCUT2D eigenvalue weighted by molar-refractivity contribution is 0.182. The largest absolute Gasteiger partial charge is 0.383 e. The molecule has 1 aromatic heterocycles. The Morgan fingerprint density at radius 1 is 1.67 bits per heavy atom. The highest BCUT2D eigenvalue weighted by Crippen LogP contribution is 2.21. The van der Waals surface area contributed by atoms with E-state index in [1.807, 2.05) is 10.9 Å². The maximum atomic E-state index is 5.05. The normalized spacial score (nSPS) is 15.9. The van der Waals surface area contributed by atoms with Gasteiger partial charge in [-0.1, -0.05) is 0 Å². The zero-order chi connectivity index (χ0) is 10.7. The van der Waals surface area contributed by atoms with E-state index < -0.39 is 0 Å². The molecule has 1 aliphatic rings. The van der Waals surface area contributed by atoms with Crippen LogP contribution in [0.15, 0.2) is 10.7 Å². The van der Waals surface area contributed by atoms with Gasteiger partial charge < -0.3 is 10.1 Å². The van der Waals surface area contributed by atoms with E-state index in [4.69, 9.17) is 4.74 Å². The molecule has 1 aliphatic carbocycles. The average Bonchev–Trinajstić information content (AvgIpc) is 2.99. The minimum Gasteiger partial charge on any atom is -0.383 e. The van der Waals surface area contributed by atoms with Crippen LogP contribution in [0, 0.1) is 0 Å². The van der Waals surface area contributed by atoms with E-state index in [9.17, 15) is 0 Å². The lowest BCUT2D eigenvalue weighted by atomic mass is 10.4. The van der Waals surface area contributed by atoms with E-state index >= 15 is 0 Å². The summed E-state index contributed by atoms with van der Waals surface area (Å²) in [5, 5.41) is 7.79. The molecule has 4 nitrogen and oxygen atoms in total. The van der Waals surface area contributed by atoms with Gasteiger partial charge in [0.05, 0.1) is 29.5 Å². The van der Waals surface area contributed by atoms with Gasteiger partial charge in [-0.2, -0.15) is 5.10 Å². The van der Waals surface area contributed by atoms with E-state index in [-0.39, 0.29) is 0 Å². The Kier molecular flexibility index (Phi) is 3.77. The third-order valence-electron chi connectivity index (χ3n) is 2.54. The van der Waals surface area contributed by atoms with Gasteiger partial charge in [0, 0.05) is 19.7 Å². The second-order valence-corrected chi connectivity index (χ2v) is 4.66. The molecule has 0 spiro atoms. The van der Waals surface area contributed by atoms with Crippen molar-refractivity contribution >= 4 is 15.9 Å². The number of nitrogens with one attached hydrogen (secondary N) is 1. The molecule has 0 unspecified atom stereocenters. The molecule has 1 aromatic rings. The Hall–Kier alpha value is -0.390. The van der Waals surface area contributed by atoms with Crippen LogP contribution in [0.5, 0.6) is 0 Å². The molecular formula is C10H16BrN3O. The summed E-state index contributed by atoms with van der Waals surface area (Å²) in [5.74, 6) is 0. The molecule has 0 amide bonds. The van der Waals surface area contributed by atoms with Crippen LogP contribution in [0.25, 0.3) is 0 Å². The Balaban J connectivity index is 1.94. The molecule has 0 aliphatic heterocycles. The summed E-state index contributed by atoms with van der Waals surface area (Å²) in [4.78, 5) is 0. The van der Waals surface area contributed by atoms with Crippen molar-refractivity contribution in [3.63, 3.8) is 0 Å². The summed E-state index contributed by atoms with van der Waals surface area (Å²) < 4.78 is 8.12. The summed E-state index contributed by atoms with van der Waals surface area (Å²) in [5.41, 5.74) is 1.21. The first-order valence-corrected chi connectivity index (χ1v) is 6.03. The van der Waals surface area contributed by atoms with Crippen LogP contribution < -0.4 is 5.32 Å². The third-order valence-corrected chi connectivity index (χ3v) is 3.20. The molecule has 15 heavy (non-hydrogen) atoms. The highest BCUT2D eigenvalue weighted by molar-refractivity contribution is 9.10. The molecule has 2 rings (SSSR count). The quantitative estimate of drug-likeness (QED) is 0.855. The first-order chi connectivity index (χ1) is 7.31. The summed E-state index contributed by atoms with van der Waals surface area (Å²) in [7, 11) is 1.71. The van der Waals surface area contributed by atoms with Crippen molar-refractivity contribution in [1.82, 2.24) is 15.1 Å². The summed E-state index contributed by atoms with van der Waals surface area (Å²) in [6, 6.07) is 0.725. The standard InChI is InChI=1S/C10H16BrN3O/c1-15-5-4-14-10(9(11)6-13-14)7-12-8-2-3-8/h6,8,12H,2-5,7H2,1H3. The maximum absolute atomic E-state index is 5.05. The van der Waals surface area contributed by atoms with E-state index in [2.05, 4.69) is 26.3 Å². The molecule has 0 atom stereocenters. The van der Waals surface area contributed by atoms with E-state index in [0.717, 1.165) is 23.6 Å². The molecule has 1 N–H and O–H groups in total. The molecule has 0 aromatic carbocycles. The van der Waals surface area contributed by atoms with Crippen molar-refractivity contribution in [3.8, 4) is 0 Å². The Morgan fingerprint density at radius 3 is 3.13 bits per heavy atom. The van der Waals surface area contributed by atoms with Crippen molar-refractivity contribution in [2.45, 2.75) is 32.0 Å². The van der Waals surface area contributed by atoms with Gasteiger partial charge in [0.2, 0.25) is 0 Å². The number of hydrogen-bond donors (Lipinski definition) is 1. The molecular weight excluding hydrogens is 258 g/mol. The second-order valence-electron chi connectivity index (χ2n) is 3.81. The first-order valence-electron chi connectivity index (χ1n) is 5.23. The van der Waals surface area contributed by atoms with Gasteiger partial charge in [-0.25, -0.2) is 0 Å². The second kappa shape index (κ2) is 5.09. The van der Waals surface area contributed by atoms with Gasteiger partial charge in [0.1, 0.15) is 0 Å². The number of nitrogens with zero attached hydrogens (tertiary/aromatic N) is 2. The van der Waals surface area contributed by atoms with Crippen LogP contribution in [-0.2, 0) is 17.8 Å². The molecule has 1 heterocycles. The van der Waals surface area contributed by atoms with Crippen LogP contribution in [-0.4, -0.2) is 29.5 Å². The molecule has 5 heteroatoms. The van der Waals surface area contributed by atoms with Crippen molar-refractivity contribution in [2.75, 3.05) is 13.7 Å². The fraction of sp³-hybridized carbons (Fsp3) is 0.700. The van der Waals surface area contributed by atoms with Gasteiger partial charge in [-0.3, -0.25) is 4.68 Å². The van der Waals surface area contributed by atoms with Crippen molar-refractivity contribution < 1.29 is 4.74 Å². The number of ether oxygens (including phenoxy) is 1. The fourth-order valence-corrected chi connectivity index (χ4v) is 1.90. The molecule has 1 saturated carbocycles. The predicted molar refractivity (Wildman–Crippen MR) is 61.7 cm³/mol. The highest BCUT2D eigenvalue weighted by Gasteiger charge is 2.21. The van der Waals surface area contributed by atoms with E-state index in [1.165, 1.54) is 18.5 Å². The zero-order valence-corrected chi connectivity index (χ0v) is 10.5. The van der Waals surface area contributed by atoms with Crippen molar-refractivity contribution in [1.29, 1.82) is 0 Å². The minimum absolute atomic E-state index is 0.699. The van der Waals surface area contributed by atoms with Crippen LogP contribution in [0.4, 0.5) is 0 Å². The zero-order valence-electron chi connectivity index (χ0n) is 8.87. The molecule has 84 valence electrons. The van der Waals surface area contributed by atoms with Gasteiger partial charge in [-0.05, 0) is 28.8 Å². The topological polar surface area (TPSA) is 39.1 Å². The van der Waals surface area contributed by atoms with Crippen molar-refractivity contribution in [2.24, 2.45) is 0 Å². The number of methoxy groups -OCH3 is 1. The Morgan fingerprint density at radius 2 is 2.47 bits per heavy atom. The third kappa shape index (κ3) is 3.03. The number of halogens is 1. The average molecular weight is 274 g/mol. The maximum Gasteiger partial charge on any atom is 0.0665 e. The van der Waals surface area contributed by atoms with E-state index in [1.54, 1.807) is 7.11 Å². The lowest BCUT2D eigenvalue weighted by Crippen LogP contribution is -2.20. The summed E-state index contributed by atoms with van der Waals surface area (Å²) in [6.07, 6.45) is 4.47. The number of aromatic nitrogens is 2. The Bertz CT molecular complexity index is 322. The molecule has 0 bridgehead atoms. The van der Waals surface area contributed by atoms with Gasteiger partial charge >= 0.3 is 0 Å². The highest BCUT2D eigenvalue weighted by atomic mass is 79.9. The number of hydrogen-bond acceptors (Lipinski definition) is 3. The van der Waals surface area contributed by atoms with Gasteiger partial charge in [-0.15, -0.1) is 0 Å². The molecule has 0 saturated heterocycles. The predicted octanol–water partition coefficient (Wildman–Crippen LogP) is 1.54. The summed E-state index contributed by atoms with van der Waals surface area (Å²) in [6.45, 7) is 2.39. The van der Waals surface area contributed by atoms with Crippen LogP contribution in [0.1, 0.15) is 18.5 Å². The molecule has 1 fully saturated rings. The minimum atomic E-state index is 0.699. The van der Waals surface area contributed by atoms with Crippen LogP contribution in [0.3, 0.4) is 0 Å². The van der Waals surface area contributed by atoms with Crippen molar-refractivity contribution in [3.05, 3.63) is 16.4 Å². The van der Waals surface area contributed by atoms with Crippen LogP contribution in [0.2, 0.25) is 0 Å². The molecule has 0 radical (unpaired) electrons. The van der Waals surface area contributed by atoms with E-state index in [0.29, 0.717) is 6.61 Å². The SMILES string of the molecule is COCCn1ncc(Br)c1CNC1CC1. The van der Waals surface area contributed by atoms with Gasteiger partial charge in [0.25, 0.3) is 0 Å². The van der Waals surface area contributed by atoms with Crippen LogP contribution >= 0.6 is 15.9 Å². The lowest BCUT2D eigenvalue weighted by Gasteiger charge is -2.08. The number of rotatable bonds is 6. The summed E-state index contributed by atoms with van der Waals surface area (Å²) >= 11 is 3.52. The first kappa shape index (κ1) is 11.1. The Labute approximate surface area is 98.1 Å². The fourth-order valence-electron chi connectivity index (χ4n) is 1.46.